The second-order valence-corrected chi connectivity index (χ2v) is 5.72. The molecule has 0 saturated heterocycles. The number of aryl methyl sites for hydroxylation is 1. The molecule has 0 spiro atoms. The number of nitrogens with zero attached hydrogens (tertiary/aromatic N) is 6. The van der Waals surface area contributed by atoms with Crippen molar-refractivity contribution >= 4 is 5.78 Å². The lowest BCUT2D eigenvalue weighted by atomic mass is 10.1. The Bertz CT molecular complexity index is 868. The van der Waals surface area contributed by atoms with Gasteiger partial charge in [0.2, 0.25) is 11.7 Å². The van der Waals surface area contributed by atoms with E-state index in [4.69, 9.17) is 4.52 Å². The number of Topliss-reactive ketones (excluding diaryl/α,β-unsaturated/α-hetero) is 1. The molecule has 0 aliphatic heterocycles. The van der Waals surface area contributed by atoms with E-state index >= 15 is 0 Å². The van der Waals surface area contributed by atoms with E-state index in [1.807, 2.05) is 25.5 Å². The molecule has 124 valence electrons. The fourth-order valence-corrected chi connectivity index (χ4v) is 2.80. The molecule has 3 aromatic rings. The molecule has 1 atom stereocenters. The highest BCUT2D eigenvalue weighted by Crippen LogP contribution is 2.21. The first-order valence-corrected chi connectivity index (χ1v) is 7.64. The summed E-state index contributed by atoms with van der Waals surface area (Å²) in [5, 5.41) is 16.2. The number of ketones is 1. The molecule has 0 bridgehead atoms. The monoisotopic (exact) mass is 326 g/mol. The third-order valence-electron chi connectivity index (χ3n) is 3.83. The van der Waals surface area contributed by atoms with Crippen molar-refractivity contribution in [1.29, 1.82) is 0 Å². The Morgan fingerprint density at radius 3 is 2.79 bits per heavy atom. The molecule has 0 aliphatic carbocycles. The predicted molar refractivity (Wildman–Crippen MR) is 85.4 cm³/mol. The van der Waals surface area contributed by atoms with Crippen LogP contribution in [0.3, 0.4) is 0 Å². The van der Waals surface area contributed by atoms with E-state index in [1.54, 1.807) is 25.3 Å². The van der Waals surface area contributed by atoms with Gasteiger partial charge in [-0.3, -0.25) is 9.48 Å². The summed E-state index contributed by atoms with van der Waals surface area (Å²) >= 11 is 0. The number of hydrogen-bond acceptors (Lipinski definition) is 7. The van der Waals surface area contributed by atoms with Crippen LogP contribution < -0.4 is 0 Å². The van der Waals surface area contributed by atoms with E-state index in [1.165, 1.54) is 0 Å². The lowest BCUT2D eigenvalue weighted by Crippen LogP contribution is -2.12. The third-order valence-corrected chi connectivity index (χ3v) is 3.83. The van der Waals surface area contributed by atoms with Crippen LogP contribution in [0.4, 0.5) is 0 Å². The molecule has 3 heterocycles. The maximum Gasteiger partial charge on any atom is 0.229 e. The average molecular weight is 326 g/mol. The quantitative estimate of drug-likeness (QED) is 0.663. The molecular formula is C16H18N6O2. The van der Waals surface area contributed by atoms with Crippen molar-refractivity contribution in [2.45, 2.75) is 40.2 Å². The van der Waals surface area contributed by atoms with Crippen molar-refractivity contribution in [3.8, 4) is 11.5 Å². The summed E-state index contributed by atoms with van der Waals surface area (Å²) < 4.78 is 7.13. The van der Waals surface area contributed by atoms with Crippen LogP contribution in [0.2, 0.25) is 0 Å². The Morgan fingerprint density at radius 1 is 1.38 bits per heavy atom. The summed E-state index contributed by atoms with van der Waals surface area (Å²) in [7, 11) is 0. The van der Waals surface area contributed by atoms with Crippen LogP contribution in [0.15, 0.2) is 22.9 Å². The second-order valence-electron chi connectivity index (χ2n) is 5.72. The number of rotatable bonds is 5. The van der Waals surface area contributed by atoms with Gasteiger partial charge in [0, 0.05) is 18.3 Å². The van der Waals surface area contributed by atoms with Crippen LogP contribution in [0.5, 0.6) is 0 Å². The van der Waals surface area contributed by atoms with Gasteiger partial charge in [-0.05, 0) is 39.8 Å². The topological polar surface area (TPSA) is 99.6 Å². The van der Waals surface area contributed by atoms with Crippen molar-refractivity contribution in [3.63, 3.8) is 0 Å². The first-order valence-electron chi connectivity index (χ1n) is 7.64. The van der Waals surface area contributed by atoms with Crippen LogP contribution in [-0.4, -0.2) is 35.9 Å². The summed E-state index contributed by atoms with van der Waals surface area (Å²) in [5.74, 6) is 0.911. The molecule has 0 fully saturated rings. The van der Waals surface area contributed by atoms with Gasteiger partial charge in [-0.2, -0.15) is 15.2 Å². The summed E-state index contributed by atoms with van der Waals surface area (Å²) in [4.78, 5) is 16.1. The van der Waals surface area contributed by atoms with Crippen molar-refractivity contribution in [2.24, 2.45) is 0 Å². The highest BCUT2D eigenvalue weighted by atomic mass is 16.5. The smallest absolute Gasteiger partial charge is 0.229 e. The van der Waals surface area contributed by atoms with Crippen LogP contribution >= 0.6 is 0 Å². The molecule has 24 heavy (non-hydrogen) atoms. The largest absolute Gasteiger partial charge is 0.339 e. The highest BCUT2D eigenvalue weighted by Gasteiger charge is 2.20. The zero-order chi connectivity index (χ0) is 17.3. The Labute approximate surface area is 138 Å². The van der Waals surface area contributed by atoms with E-state index < -0.39 is 0 Å². The maximum atomic E-state index is 11.7. The van der Waals surface area contributed by atoms with Gasteiger partial charge in [0.15, 0.2) is 5.78 Å². The first kappa shape index (κ1) is 16.0. The van der Waals surface area contributed by atoms with E-state index in [0.29, 0.717) is 29.4 Å². The van der Waals surface area contributed by atoms with Gasteiger partial charge < -0.3 is 4.52 Å². The van der Waals surface area contributed by atoms with Gasteiger partial charge in [-0.15, -0.1) is 5.10 Å². The molecule has 3 aromatic heterocycles. The van der Waals surface area contributed by atoms with Crippen LogP contribution in [-0.2, 0) is 6.42 Å². The number of aromatic nitrogens is 6. The molecule has 0 aliphatic rings. The van der Waals surface area contributed by atoms with Crippen molar-refractivity contribution < 1.29 is 9.32 Å². The molecule has 0 amide bonds. The lowest BCUT2D eigenvalue weighted by Gasteiger charge is -2.12. The fraction of sp³-hybridized carbons (Fsp3) is 0.375. The van der Waals surface area contributed by atoms with Crippen molar-refractivity contribution in [2.75, 3.05) is 0 Å². The molecule has 0 radical (unpaired) electrons. The minimum atomic E-state index is -0.0213. The lowest BCUT2D eigenvalue weighted by molar-refractivity contribution is 0.101. The number of carbonyl (C=O) groups is 1. The molecule has 0 unspecified atom stereocenters. The summed E-state index contributed by atoms with van der Waals surface area (Å²) in [5.41, 5.74) is 2.82. The van der Waals surface area contributed by atoms with Gasteiger partial charge in [-0.25, -0.2) is 0 Å². The molecular weight excluding hydrogens is 308 g/mol. The third kappa shape index (κ3) is 2.94. The molecule has 8 nitrogen and oxygen atoms in total. The zero-order valence-electron chi connectivity index (χ0n) is 14.0. The van der Waals surface area contributed by atoms with Gasteiger partial charge in [-0.1, -0.05) is 5.16 Å². The van der Waals surface area contributed by atoms with Crippen molar-refractivity contribution in [1.82, 2.24) is 30.1 Å². The van der Waals surface area contributed by atoms with E-state index in [0.717, 1.165) is 11.4 Å². The van der Waals surface area contributed by atoms with Gasteiger partial charge in [0.1, 0.15) is 5.69 Å². The highest BCUT2D eigenvalue weighted by molar-refractivity contribution is 5.96. The average Bonchev–Trinajstić information content (AvgIpc) is 3.12. The van der Waals surface area contributed by atoms with E-state index in [2.05, 4.69) is 25.4 Å². The number of hydrogen-bond donors (Lipinski definition) is 0. The Morgan fingerprint density at radius 2 is 2.17 bits per heavy atom. The molecule has 8 heteroatoms. The van der Waals surface area contributed by atoms with Crippen LogP contribution in [0.1, 0.15) is 47.5 Å². The molecule has 0 saturated carbocycles. The Balaban J connectivity index is 1.81. The van der Waals surface area contributed by atoms with Crippen LogP contribution in [0.25, 0.3) is 11.5 Å². The predicted octanol–water partition coefficient (Wildman–Crippen LogP) is 2.35. The van der Waals surface area contributed by atoms with Crippen molar-refractivity contribution in [3.05, 3.63) is 41.2 Å². The van der Waals surface area contributed by atoms with E-state index in [-0.39, 0.29) is 11.8 Å². The minimum absolute atomic E-state index is 0.0196. The van der Waals surface area contributed by atoms with Gasteiger partial charge >= 0.3 is 0 Å². The molecule has 0 aromatic carbocycles. The zero-order valence-corrected chi connectivity index (χ0v) is 14.0. The summed E-state index contributed by atoms with van der Waals surface area (Å²) in [6.07, 6.45) is 2.09. The second kappa shape index (κ2) is 6.31. The SMILES string of the molecule is CC(=O)c1c(C)nn([C@@H](C)Cc2nc(-c3cccnn3)no2)c1C. The first-order chi connectivity index (χ1) is 11.5. The van der Waals surface area contributed by atoms with Crippen LogP contribution in [0, 0.1) is 13.8 Å². The van der Waals surface area contributed by atoms with Gasteiger partial charge in [0.25, 0.3) is 0 Å². The normalized spacial score (nSPS) is 12.3. The number of carbonyl (C=O) groups excluding carboxylic acids is 1. The van der Waals surface area contributed by atoms with Gasteiger partial charge in [0.05, 0.1) is 17.3 Å². The standard InChI is InChI=1S/C16H18N6O2/c1-9(22-11(3)15(12(4)23)10(2)20-22)8-14-18-16(21-24-14)13-6-5-7-17-19-13/h5-7,9H,8H2,1-4H3/t9-/m0/s1. The summed E-state index contributed by atoms with van der Waals surface area (Å²) in [6, 6.07) is 3.51. The molecule has 3 rings (SSSR count). The van der Waals surface area contributed by atoms with E-state index in [9.17, 15) is 4.79 Å². The minimum Gasteiger partial charge on any atom is -0.339 e. The maximum absolute atomic E-state index is 11.7. The summed E-state index contributed by atoms with van der Waals surface area (Å²) in [6.45, 7) is 7.28. The Kier molecular flexibility index (Phi) is 4.20. The fourth-order valence-electron chi connectivity index (χ4n) is 2.80. The molecule has 0 N–H and O–H groups in total. The Hall–Kier alpha value is -2.90.